The number of hydrogen-bond acceptors (Lipinski definition) is 3. The fourth-order valence-electron chi connectivity index (χ4n) is 3.19. The van der Waals surface area contributed by atoms with E-state index in [1.54, 1.807) is 0 Å². The summed E-state index contributed by atoms with van der Waals surface area (Å²) in [4.78, 5) is 17.2. The molecule has 1 unspecified atom stereocenters. The van der Waals surface area contributed by atoms with Gasteiger partial charge in [-0.25, -0.2) is 0 Å². The molecule has 1 amide bonds. The Hall–Kier alpha value is -1.10. The van der Waals surface area contributed by atoms with E-state index in [4.69, 9.17) is 11.6 Å². The molecule has 1 saturated heterocycles. The van der Waals surface area contributed by atoms with Crippen LogP contribution in [-0.4, -0.2) is 59.6 Å². The zero-order valence-electron chi connectivity index (χ0n) is 14.3. The largest absolute Gasteiger partial charge is 0.395 e. The lowest BCUT2D eigenvalue weighted by Crippen LogP contribution is -2.55. The molecule has 1 atom stereocenters. The molecule has 1 fully saturated rings. The van der Waals surface area contributed by atoms with Crippen LogP contribution in [0.25, 0.3) is 0 Å². The summed E-state index contributed by atoms with van der Waals surface area (Å²) in [5, 5.41) is 10.1. The lowest BCUT2D eigenvalue weighted by molar-refractivity contribution is -0.138. The molecule has 0 spiro atoms. The Morgan fingerprint density at radius 3 is 2.48 bits per heavy atom. The van der Waals surface area contributed by atoms with Crippen molar-refractivity contribution in [3.05, 3.63) is 34.9 Å². The minimum absolute atomic E-state index is 0.136. The Morgan fingerprint density at radius 1 is 1.30 bits per heavy atom. The Labute approximate surface area is 144 Å². The van der Waals surface area contributed by atoms with Gasteiger partial charge in [0, 0.05) is 37.2 Å². The van der Waals surface area contributed by atoms with Crippen molar-refractivity contribution >= 4 is 17.5 Å². The molecule has 0 aliphatic carbocycles. The Bertz CT molecular complexity index is 536. The first-order chi connectivity index (χ1) is 10.9. The van der Waals surface area contributed by atoms with E-state index in [-0.39, 0.29) is 18.6 Å². The molecule has 1 aliphatic heterocycles. The number of piperazine rings is 1. The second-order valence-corrected chi connectivity index (χ2v) is 7.14. The highest BCUT2D eigenvalue weighted by Gasteiger charge is 2.35. The van der Waals surface area contributed by atoms with Gasteiger partial charge in [0.25, 0.3) is 0 Å². The van der Waals surface area contributed by atoms with Crippen LogP contribution in [0.1, 0.15) is 32.8 Å². The molecule has 23 heavy (non-hydrogen) atoms. The lowest BCUT2D eigenvalue weighted by Gasteiger charge is -2.41. The van der Waals surface area contributed by atoms with Crippen molar-refractivity contribution in [3.8, 4) is 0 Å². The monoisotopic (exact) mass is 338 g/mol. The van der Waals surface area contributed by atoms with Crippen LogP contribution in [0.15, 0.2) is 24.3 Å². The average Bonchev–Trinajstić information content (AvgIpc) is 2.56. The Kier molecular flexibility index (Phi) is 6.06. The average molecular weight is 339 g/mol. The molecular weight excluding hydrogens is 312 g/mol. The van der Waals surface area contributed by atoms with E-state index in [2.05, 4.69) is 11.8 Å². The molecule has 1 N–H and O–H groups in total. The SMILES string of the molecule is CCC(CO)N1CCN(C(=O)C(C)(C)c2cccc(Cl)c2)CC1. The number of amides is 1. The lowest BCUT2D eigenvalue weighted by atomic mass is 9.83. The number of benzene rings is 1. The van der Waals surface area contributed by atoms with Gasteiger partial charge >= 0.3 is 0 Å². The fraction of sp³-hybridized carbons (Fsp3) is 0.611. The standard InChI is InChI=1S/C18H27ClN2O2/c1-4-16(13-22)20-8-10-21(11-9-20)17(23)18(2,3)14-6-5-7-15(19)12-14/h5-7,12,16,22H,4,8-11,13H2,1-3H3. The van der Waals surface area contributed by atoms with E-state index in [0.29, 0.717) is 18.1 Å². The highest BCUT2D eigenvalue weighted by atomic mass is 35.5. The zero-order chi connectivity index (χ0) is 17.0. The van der Waals surface area contributed by atoms with Crippen LogP contribution in [0, 0.1) is 0 Å². The molecule has 1 aliphatic rings. The maximum absolute atomic E-state index is 13.0. The molecule has 0 radical (unpaired) electrons. The van der Waals surface area contributed by atoms with Crippen molar-refractivity contribution < 1.29 is 9.90 Å². The number of rotatable bonds is 5. The van der Waals surface area contributed by atoms with Gasteiger partial charge in [0.1, 0.15) is 0 Å². The van der Waals surface area contributed by atoms with E-state index in [0.717, 1.165) is 25.1 Å². The molecule has 1 aromatic carbocycles. The predicted octanol–water partition coefficient (Wildman–Crippen LogP) is 2.53. The van der Waals surface area contributed by atoms with Crippen LogP contribution in [0.2, 0.25) is 5.02 Å². The van der Waals surface area contributed by atoms with Crippen LogP contribution in [0.3, 0.4) is 0 Å². The van der Waals surface area contributed by atoms with Gasteiger partial charge in [-0.1, -0.05) is 30.7 Å². The summed E-state index contributed by atoms with van der Waals surface area (Å²) >= 11 is 6.07. The number of halogens is 1. The second-order valence-electron chi connectivity index (χ2n) is 6.71. The maximum Gasteiger partial charge on any atom is 0.232 e. The summed E-state index contributed by atoms with van der Waals surface area (Å²) in [6.45, 7) is 9.22. The number of carbonyl (C=O) groups excluding carboxylic acids is 1. The summed E-state index contributed by atoms with van der Waals surface area (Å²) in [5.41, 5.74) is 0.355. The number of aliphatic hydroxyl groups excluding tert-OH is 1. The topological polar surface area (TPSA) is 43.8 Å². The van der Waals surface area contributed by atoms with Gasteiger partial charge in [0.15, 0.2) is 0 Å². The van der Waals surface area contributed by atoms with E-state index < -0.39 is 5.41 Å². The van der Waals surface area contributed by atoms with Crippen LogP contribution in [-0.2, 0) is 10.2 Å². The van der Waals surface area contributed by atoms with Crippen molar-refractivity contribution in [1.82, 2.24) is 9.80 Å². The molecular formula is C18H27ClN2O2. The van der Waals surface area contributed by atoms with Gasteiger partial charge < -0.3 is 10.0 Å². The predicted molar refractivity (Wildman–Crippen MR) is 93.8 cm³/mol. The summed E-state index contributed by atoms with van der Waals surface area (Å²) in [5.74, 6) is 0.136. The third kappa shape index (κ3) is 4.06. The number of aliphatic hydroxyl groups is 1. The van der Waals surface area contributed by atoms with Gasteiger partial charge in [0.05, 0.1) is 12.0 Å². The quantitative estimate of drug-likeness (QED) is 0.897. The summed E-state index contributed by atoms with van der Waals surface area (Å²) in [6, 6.07) is 7.74. The highest BCUT2D eigenvalue weighted by Crippen LogP contribution is 2.28. The third-order valence-corrected chi connectivity index (χ3v) is 5.12. The van der Waals surface area contributed by atoms with E-state index in [9.17, 15) is 9.90 Å². The minimum atomic E-state index is -0.589. The van der Waals surface area contributed by atoms with Crippen molar-refractivity contribution in [3.63, 3.8) is 0 Å². The van der Waals surface area contributed by atoms with E-state index in [1.807, 2.05) is 43.0 Å². The molecule has 1 heterocycles. The number of hydrogen-bond donors (Lipinski definition) is 1. The molecule has 0 bridgehead atoms. The smallest absolute Gasteiger partial charge is 0.232 e. The van der Waals surface area contributed by atoms with E-state index in [1.165, 1.54) is 0 Å². The first kappa shape index (κ1) is 18.2. The van der Waals surface area contributed by atoms with Crippen LogP contribution in [0.4, 0.5) is 0 Å². The second kappa shape index (κ2) is 7.65. The van der Waals surface area contributed by atoms with Crippen molar-refractivity contribution in [1.29, 1.82) is 0 Å². The molecule has 5 heteroatoms. The molecule has 4 nitrogen and oxygen atoms in total. The van der Waals surface area contributed by atoms with Gasteiger partial charge in [-0.15, -0.1) is 0 Å². The van der Waals surface area contributed by atoms with Crippen LogP contribution >= 0.6 is 11.6 Å². The number of carbonyl (C=O) groups is 1. The summed E-state index contributed by atoms with van der Waals surface area (Å²) < 4.78 is 0. The molecule has 1 aromatic rings. The summed E-state index contributed by atoms with van der Waals surface area (Å²) in [6.07, 6.45) is 0.929. The Morgan fingerprint density at radius 2 is 1.96 bits per heavy atom. The van der Waals surface area contributed by atoms with Gasteiger partial charge in [-0.05, 0) is 38.0 Å². The first-order valence-corrected chi connectivity index (χ1v) is 8.68. The Balaban J connectivity index is 2.04. The third-order valence-electron chi connectivity index (χ3n) is 4.88. The van der Waals surface area contributed by atoms with Crippen molar-refractivity contribution in [2.24, 2.45) is 0 Å². The molecule has 0 aromatic heterocycles. The molecule has 2 rings (SSSR count). The molecule has 0 saturated carbocycles. The van der Waals surface area contributed by atoms with Gasteiger partial charge in [-0.2, -0.15) is 0 Å². The first-order valence-electron chi connectivity index (χ1n) is 8.30. The number of nitrogens with zero attached hydrogens (tertiary/aromatic N) is 2. The fourth-order valence-corrected chi connectivity index (χ4v) is 3.38. The zero-order valence-corrected chi connectivity index (χ0v) is 15.0. The van der Waals surface area contributed by atoms with Crippen LogP contribution in [0.5, 0.6) is 0 Å². The minimum Gasteiger partial charge on any atom is -0.395 e. The van der Waals surface area contributed by atoms with E-state index >= 15 is 0 Å². The van der Waals surface area contributed by atoms with Gasteiger partial charge in [0.2, 0.25) is 5.91 Å². The normalized spacial score (nSPS) is 18.0. The maximum atomic E-state index is 13.0. The van der Waals surface area contributed by atoms with Gasteiger partial charge in [-0.3, -0.25) is 9.69 Å². The molecule has 128 valence electrons. The van der Waals surface area contributed by atoms with Crippen molar-refractivity contribution in [2.75, 3.05) is 32.8 Å². The highest BCUT2D eigenvalue weighted by molar-refractivity contribution is 6.30. The van der Waals surface area contributed by atoms with Crippen molar-refractivity contribution in [2.45, 2.75) is 38.6 Å². The van der Waals surface area contributed by atoms with Crippen LogP contribution < -0.4 is 0 Å². The summed E-state index contributed by atoms with van der Waals surface area (Å²) in [7, 11) is 0.